The van der Waals surface area contributed by atoms with Gasteiger partial charge in [-0.3, -0.25) is 10.0 Å². The van der Waals surface area contributed by atoms with Gasteiger partial charge >= 0.3 is 0 Å². The van der Waals surface area contributed by atoms with Crippen LogP contribution in [0.25, 0.3) is 0 Å². The molecule has 0 saturated heterocycles. The Balaban J connectivity index is 2.52. The molecule has 86 valence electrons. The summed E-state index contributed by atoms with van der Waals surface area (Å²) in [5.41, 5.74) is 2.09. The molecule has 0 saturated carbocycles. The second-order valence-electron chi connectivity index (χ2n) is 3.22. The Hall–Kier alpha value is -1.85. The van der Waals surface area contributed by atoms with Crippen LogP contribution in [0.3, 0.4) is 0 Å². The molecule has 1 aromatic carbocycles. The summed E-state index contributed by atoms with van der Waals surface area (Å²) in [6, 6.07) is 6.14. The van der Waals surface area contributed by atoms with Crippen LogP contribution in [-0.2, 0) is 4.79 Å². The highest BCUT2D eigenvalue weighted by Gasteiger charge is 2.05. The molecule has 0 aliphatic carbocycles. The molecule has 0 unspecified atom stereocenters. The van der Waals surface area contributed by atoms with Gasteiger partial charge in [0.15, 0.2) is 0 Å². The molecule has 1 amide bonds. The Morgan fingerprint density at radius 2 is 2.00 bits per heavy atom. The Labute approximate surface area is 92.6 Å². The number of phenolic OH excluding ortho intramolecular Hbond substituents is 1. The highest BCUT2D eigenvalue weighted by atomic mass is 16.5. The van der Waals surface area contributed by atoms with Gasteiger partial charge in [-0.15, -0.1) is 0 Å². The van der Waals surface area contributed by atoms with Crippen LogP contribution in [0.4, 0.5) is 0 Å². The minimum absolute atomic E-state index is 0.131. The van der Waals surface area contributed by atoms with E-state index < -0.39 is 12.0 Å². The lowest BCUT2D eigenvalue weighted by Gasteiger charge is -2.07. The van der Waals surface area contributed by atoms with Gasteiger partial charge in [-0.25, -0.2) is 5.48 Å². The molecular weight excluding hydrogens is 210 g/mol. The number of hydrogen-bond acceptors (Lipinski definition) is 4. The number of rotatable bonds is 4. The fraction of sp³-hybridized carbons (Fsp3) is 0.182. The maximum absolute atomic E-state index is 10.6. The normalized spacial score (nSPS) is 12.6. The smallest absolute Gasteiger partial charge is 0.267 e. The molecule has 0 aliphatic heterocycles. The molecule has 0 bridgehead atoms. The molecule has 0 aliphatic rings. The van der Waals surface area contributed by atoms with Crippen molar-refractivity contribution >= 4 is 5.91 Å². The van der Waals surface area contributed by atoms with Crippen molar-refractivity contribution < 1.29 is 20.2 Å². The second kappa shape index (κ2) is 5.89. The van der Waals surface area contributed by atoms with Crippen molar-refractivity contribution in [2.45, 2.75) is 12.5 Å². The zero-order chi connectivity index (χ0) is 12.0. The molecular formula is C11H13NO4. The quantitative estimate of drug-likeness (QED) is 0.346. The van der Waals surface area contributed by atoms with Gasteiger partial charge in [0.25, 0.3) is 5.91 Å². The summed E-state index contributed by atoms with van der Waals surface area (Å²) < 4.78 is 0. The molecule has 0 spiro atoms. The van der Waals surface area contributed by atoms with E-state index >= 15 is 0 Å². The summed E-state index contributed by atoms with van der Waals surface area (Å²) in [6.07, 6.45) is 2.08. The SMILES string of the molecule is O=C(/C=C/C[C@H](O)c1ccc(O)cc1)NO. The first-order valence-corrected chi connectivity index (χ1v) is 4.71. The highest BCUT2D eigenvalue weighted by Crippen LogP contribution is 2.19. The Morgan fingerprint density at radius 3 is 2.56 bits per heavy atom. The van der Waals surface area contributed by atoms with Crippen LogP contribution in [0.2, 0.25) is 0 Å². The highest BCUT2D eigenvalue weighted by molar-refractivity contribution is 5.86. The number of hydrogen-bond donors (Lipinski definition) is 4. The number of amides is 1. The maximum atomic E-state index is 10.6. The summed E-state index contributed by atoms with van der Waals surface area (Å²) >= 11 is 0. The number of carbonyl (C=O) groups excluding carboxylic acids is 1. The number of carbonyl (C=O) groups is 1. The van der Waals surface area contributed by atoms with Crippen LogP contribution in [-0.4, -0.2) is 21.3 Å². The van der Waals surface area contributed by atoms with E-state index in [9.17, 15) is 9.90 Å². The summed E-state index contributed by atoms with van der Waals surface area (Å²) in [5, 5.41) is 26.9. The third kappa shape index (κ3) is 3.72. The van der Waals surface area contributed by atoms with Gasteiger partial charge in [0.05, 0.1) is 6.10 Å². The van der Waals surface area contributed by atoms with Gasteiger partial charge in [-0.05, 0) is 24.1 Å². The van der Waals surface area contributed by atoms with Crippen LogP contribution in [0, 0.1) is 0 Å². The van der Waals surface area contributed by atoms with Gasteiger partial charge < -0.3 is 10.2 Å². The zero-order valence-corrected chi connectivity index (χ0v) is 8.50. The largest absolute Gasteiger partial charge is 0.508 e. The van der Waals surface area contributed by atoms with Gasteiger partial charge in [-0.1, -0.05) is 18.2 Å². The van der Waals surface area contributed by atoms with Crippen LogP contribution in [0.1, 0.15) is 18.1 Å². The number of phenols is 1. The summed E-state index contributed by atoms with van der Waals surface area (Å²) in [7, 11) is 0. The molecule has 1 aromatic rings. The number of nitrogens with one attached hydrogen (secondary N) is 1. The first kappa shape index (κ1) is 12.2. The molecule has 1 atom stereocenters. The minimum atomic E-state index is -0.747. The van der Waals surface area contributed by atoms with E-state index in [1.807, 2.05) is 0 Å². The van der Waals surface area contributed by atoms with Crippen molar-refractivity contribution in [3.8, 4) is 5.75 Å². The third-order valence-electron chi connectivity index (χ3n) is 2.02. The number of aromatic hydroxyl groups is 1. The monoisotopic (exact) mass is 223 g/mol. The predicted molar refractivity (Wildman–Crippen MR) is 56.8 cm³/mol. The molecule has 1 rings (SSSR count). The average molecular weight is 223 g/mol. The van der Waals surface area contributed by atoms with E-state index in [1.54, 1.807) is 12.1 Å². The number of aliphatic hydroxyl groups is 1. The lowest BCUT2D eigenvalue weighted by Crippen LogP contribution is -2.15. The van der Waals surface area contributed by atoms with Crippen LogP contribution >= 0.6 is 0 Å². The van der Waals surface area contributed by atoms with Crippen molar-refractivity contribution in [2.24, 2.45) is 0 Å². The zero-order valence-electron chi connectivity index (χ0n) is 8.50. The first-order chi connectivity index (χ1) is 7.63. The van der Waals surface area contributed by atoms with Gasteiger partial charge in [0, 0.05) is 6.08 Å². The van der Waals surface area contributed by atoms with E-state index in [2.05, 4.69) is 0 Å². The van der Waals surface area contributed by atoms with E-state index in [-0.39, 0.29) is 12.2 Å². The Bertz CT molecular complexity index is 372. The summed E-state index contributed by atoms with van der Waals surface area (Å²) in [6.45, 7) is 0. The van der Waals surface area contributed by atoms with Crippen molar-refractivity contribution in [2.75, 3.05) is 0 Å². The van der Waals surface area contributed by atoms with Gasteiger partial charge in [0.1, 0.15) is 5.75 Å². The van der Waals surface area contributed by atoms with Crippen LogP contribution < -0.4 is 5.48 Å². The Morgan fingerprint density at radius 1 is 1.38 bits per heavy atom. The second-order valence-corrected chi connectivity index (χ2v) is 3.22. The molecule has 16 heavy (non-hydrogen) atoms. The topological polar surface area (TPSA) is 89.8 Å². The van der Waals surface area contributed by atoms with Gasteiger partial charge in [0.2, 0.25) is 0 Å². The molecule has 0 heterocycles. The first-order valence-electron chi connectivity index (χ1n) is 4.71. The van der Waals surface area contributed by atoms with Crippen LogP contribution in [0.5, 0.6) is 5.75 Å². The third-order valence-corrected chi connectivity index (χ3v) is 2.02. The fourth-order valence-electron chi connectivity index (χ4n) is 1.17. The predicted octanol–water partition coefficient (Wildman–Crippen LogP) is 0.877. The molecule has 0 radical (unpaired) electrons. The van der Waals surface area contributed by atoms with E-state index in [0.29, 0.717) is 5.56 Å². The molecule has 5 nitrogen and oxygen atoms in total. The fourth-order valence-corrected chi connectivity index (χ4v) is 1.17. The molecule has 4 N–H and O–H groups in total. The standard InChI is InChI=1S/C11H13NO4/c13-9-6-4-8(5-7-9)10(14)2-1-3-11(15)12-16/h1,3-7,10,13-14,16H,2H2,(H,12,15)/b3-1+/t10-/m0/s1. The van der Waals surface area contributed by atoms with E-state index in [4.69, 9.17) is 10.3 Å². The lowest BCUT2D eigenvalue weighted by atomic mass is 10.1. The average Bonchev–Trinajstić information content (AvgIpc) is 2.29. The van der Waals surface area contributed by atoms with Crippen molar-refractivity contribution in [1.29, 1.82) is 0 Å². The summed E-state index contributed by atoms with van der Waals surface area (Å²) in [4.78, 5) is 10.6. The van der Waals surface area contributed by atoms with Crippen molar-refractivity contribution in [3.05, 3.63) is 42.0 Å². The Kier molecular flexibility index (Phi) is 4.50. The maximum Gasteiger partial charge on any atom is 0.267 e. The van der Waals surface area contributed by atoms with Crippen molar-refractivity contribution in [1.82, 2.24) is 5.48 Å². The number of aliphatic hydroxyl groups excluding tert-OH is 1. The van der Waals surface area contributed by atoms with Crippen molar-refractivity contribution in [3.63, 3.8) is 0 Å². The molecule has 5 heteroatoms. The summed E-state index contributed by atoms with van der Waals surface area (Å²) in [5.74, 6) is -0.510. The lowest BCUT2D eigenvalue weighted by molar-refractivity contribution is -0.124. The molecule has 0 aromatic heterocycles. The minimum Gasteiger partial charge on any atom is -0.508 e. The van der Waals surface area contributed by atoms with E-state index in [0.717, 1.165) is 6.08 Å². The van der Waals surface area contributed by atoms with Crippen LogP contribution in [0.15, 0.2) is 36.4 Å². The molecule has 0 fully saturated rings. The van der Waals surface area contributed by atoms with E-state index in [1.165, 1.54) is 23.7 Å². The van der Waals surface area contributed by atoms with Gasteiger partial charge in [-0.2, -0.15) is 0 Å². The number of hydroxylamine groups is 1. The number of benzene rings is 1.